The lowest BCUT2D eigenvalue weighted by Gasteiger charge is -2.36. The molecule has 2 aliphatic rings. The highest BCUT2D eigenvalue weighted by molar-refractivity contribution is 6.18. The van der Waals surface area contributed by atoms with Gasteiger partial charge in [-0.25, -0.2) is 0 Å². The van der Waals surface area contributed by atoms with Crippen molar-refractivity contribution in [3.05, 3.63) is 29.8 Å². The maximum absolute atomic E-state index is 11.9. The van der Waals surface area contributed by atoms with E-state index >= 15 is 0 Å². The first-order valence-corrected chi connectivity index (χ1v) is 8.68. The van der Waals surface area contributed by atoms with Crippen molar-refractivity contribution in [1.29, 1.82) is 0 Å². The van der Waals surface area contributed by atoms with E-state index in [1.54, 1.807) is 0 Å². The van der Waals surface area contributed by atoms with Crippen molar-refractivity contribution in [3.8, 4) is 0 Å². The summed E-state index contributed by atoms with van der Waals surface area (Å²) >= 11 is 5.79. The summed E-state index contributed by atoms with van der Waals surface area (Å²) in [7, 11) is 0. The van der Waals surface area contributed by atoms with Gasteiger partial charge < -0.3 is 4.90 Å². The largest absolute Gasteiger partial charge is 0.369 e. The first-order valence-electron chi connectivity index (χ1n) is 8.14. The maximum Gasteiger partial charge on any atom is 0.234 e. The number of imide groups is 1. The number of piperazine rings is 1. The third-order valence-corrected chi connectivity index (χ3v) is 4.84. The van der Waals surface area contributed by atoms with Gasteiger partial charge in [0.05, 0.1) is 5.92 Å². The smallest absolute Gasteiger partial charge is 0.234 e. The highest BCUT2D eigenvalue weighted by atomic mass is 35.5. The molecule has 0 bridgehead atoms. The Morgan fingerprint density at radius 1 is 1.09 bits per heavy atom. The maximum atomic E-state index is 11.9. The monoisotopic (exact) mass is 335 g/mol. The molecule has 2 amide bonds. The predicted molar refractivity (Wildman–Crippen MR) is 90.9 cm³/mol. The summed E-state index contributed by atoms with van der Waals surface area (Å²) < 4.78 is 0. The second-order valence-corrected chi connectivity index (χ2v) is 6.49. The highest BCUT2D eigenvalue weighted by Gasteiger charge is 2.28. The number of amides is 2. The molecule has 1 N–H and O–H groups in total. The molecule has 1 atom stereocenters. The number of nitrogens with one attached hydrogen (secondary N) is 1. The molecule has 2 heterocycles. The molecule has 0 radical (unpaired) electrons. The summed E-state index contributed by atoms with van der Waals surface area (Å²) in [5.74, 6) is 0.129. The summed E-state index contributed by atoms with van der Waals surface area (Å²) in [4.78, 5) is 27.9. The van der Waals surface area contributed by atoms with Crippen LogP contribution in [0.15, 0.2) is 24.3 Å². The Morgan fingerprint density at radius 2 is 1.78 bits per heavy atom. The molecule has 1 aromatic carbocycles. The number of halogens is 1. The molecule has 0 saturated carbocycles. The van der Waals surface area contributed by atoms with Crippen LogP contribution in [0.4, 0.5) is 5.69 Å². The molecule has 5 nitrogen and oxygen atoms in total. The average molecular weight is 336 g/mol. The Balaban J connectivity index is 1.61. The minimum Gasteiger partial charge on any atom is -0.369 e. The van der Waals surface area contributed by atoms with Crippen LogP contribution < -0.4 is 10.2 Å². The van der Waals surface area contributed by atoms with Gasteiger partial charge in [0.1, 0.15) is 0 Å². The zero-order valence-corrected chi connectivity index (χ0v) is 13.9. The van der Waals surface area contributed by atoms with Crippen LogP contribution in [0.25, 0.3) is 0 Å². The number of carbonyl (C=O) groups is 2. The van der Waals surface area contributed by atoms with Crippen LogP contribution in [0.3, 0.4) is 0 Å². The lowest BCUT2D eigenvalue weighted by molar-refractivity contribution is -0.134. The van der Waals surface area contributed by atoms with Gasteiger partial charge in [0, 0.05) is 50.7 Å². The van der Waals surface area contributed by atoms with Crippen molar-refractivity contribution in [2.75, 3.05) is 43.5 Å². The van der Waals surface area contributed by atoms with E-state index in [0.717, 1.165) is 38.3 Å². The zero-order valence-electron chi connectivity index (χ0n) is 13.1. The molecule has 1 aromatic rings. The van der Waals surface area contributed by atoms with E-state index in [-0.39, 0.29) is 17.7 Å². The summed E-state index contributed by atoms with van der Waals surface area (Å²) in [6.07, 6.45) is 1.02. The van der Waals surface area contributed by atoms with Crippen molar-refractivity contribution in [3.63, 3.8) is 0 Å². The second kappa shape index (κ2) is 7.32. The van der Waals surface area contributed by atoms with Gasteiger partial charge in [-0.05, 0) is 24.1 Å². The quantitative estimate of drug-likeness (QED) is 0.670. The van der Waals surface area contributed by atoms with E-state index in [4.69, 9.17) is 11.6 Å². The molecule has 2 fully saturated rings. The van der Waals surface area contributed by atoms with Crippen molar-refractivity contribution >= 4 is 29.1 Å². The van der Waals surface area contributed by atoms with Crippen molar-refractivity contribution in [2.24, 2.45) is 0 Å². The molecular weight excluding hydrogens is 314 g/mol. The van der Waals surface area contributed by atoms with Crippen LogP contribution in [0.5, 0.6) is 0 Å². The van der Waals surface area contributed by atoms with Gasteiger partial charge in [-0.15, -0.1) is 11.6 Å². The molecule has 0 spiro atoms. The van der Waals surface area contributed by atoms with E-state index in [2.05, 4.69) is 27.2 Å². The normalized spacial score (nSPS) is 23.0. The number of hydrogen-bond donors (Lipinski definition) is 1. The van der Waals surface area contributed by atoms with E-state index in [1.807, 2.05) is 12.1 Å². The van der Waals surface area contributed by atoms with Crippen LogP contribution in [-0.4, -0.2) is 55.3 Å². The molecule has 2 saturated heterocycles. The first-order chi connectivity index (χ1) is 11.2. The van der Waals surface area contributed by atoms with Gasteiger partial charge in [0.2, 0.25) is 11.8 Å². The molecule has 3 rings (SSSR count). The van der Waals surface area contributed by atoms with Gasteiger partial charge in [0.15, 0.2) is 0 Å². The zero-order chi connectivity index (χ0) is 16.2. The number of piperidine rings is 1. The Hall–Kier alpha value is -1.59. The average Bonchev–Trinajstić information content (AvgIpc) is 2.56. The van der Waals surface area contributed by atoms with Gasteiger partial charge >= 0.3 is 0 Å². The summed E-state index contributed by atoms with van der Waals surface area (Å²) in [5.41, 5.74) is 2.17. The molecule has 2 aliphatic heterocycles. The minimum absolute atomic E-state index is 0.169. The van der Waals surface area contributed by atoms with E-state index in [9.17, 15) is 9.59 Å². The third kappa shape index (κ3) is 3.85. The van der Waals surface area contributed by atoms with Crippen LogP contribution >= 0.6 is 11.6 Å². The van der Waals surface area contributed by atoms with E-state index in [1.165, 1.54) is 5.69 Å². The molecule has 1 unspecified atom stereocenters. The SMILES string of the molecule is O=C1CCC(c2ccc(N3CCN(CCCl)CC3)cc2)C(=O)N1. The van der Waals surface area contributed by atoms with Crippen molar-refractivity contribution in [2.45, 2.75) is 18.8 Å². The fourth-order valence-corrected chi connectivity index (χ4v) is 3.52. The summed E-state index contributed by atoms with van der Waals surface area (Å²) in [6, 6.07) is 8.19. The van der Waals surface area contributed by atoms with Crippen LogP contribution in [0, 0.1) is 0 Å². The number of carbonyl (C=O) groups excluding carboxylic acids is 2. The highest BCUT2D eigenvalue weighted by Crippen LogP contribution is 2.27. The van der Waals surface area contributed by atoms with Gasteiger partial charge in [-0.2, -0.15) is 0 Å². The molecular formula is C17H22ClN3O2. The van der Waals surface area contributed by atoms with Gasteiger partial charge in [-0.3, -0.25) is 19.8 Å². The first kappa shape index (κ1) is 16.3. The number of nitrogens with zero attached hydrogens (tertiary/aromatic N) is 2. The minimum atomic E-state index is -0.206. The number of hydrogen-bond acceptors (Lipinski definition) is 4. The van der Waals surface area contributed by atoms with E-state index < -0.39 is 0 Å². The van der Waals surface area contributed by atoms with Crippen molar-refractivity contribution < 1.29 is 9.59 Å². The van der Waals surface area contributed by atoms with Gasteiger partial charge in [0.25, 0.3) is 0 Å². The number of anilines is 1. The predicted octanol–water partition coefficient (Wildman–Crippen LogP) is 1.57. The standard InChI is InChI=1S/C17H22ClN3O2/c18-7-8-20-9-11-21(12-10-20)14-3-1-13(2-4-14)15-5-6-16(22)19-17(15)23/h1-4,15H,5-12H2,(H,19,22,23). The van der Waals surface area contributed by atoms with Crippen LogP contribution in [0.1, 0.15) is 24.3 Å². The molecule has 0 aliphatic carbocycles. The molecule has 124 valence electrons. The Labute approximate surface area is 141 Å². The Morgan fingerprint density at radius 3 is 2.39 bits per heavy atom. The topological polar surface area (TPSA) is 52.7 Å². The Bertz CT molecular complexity index is 568. The fraction of sp³-hybridized carbons (Fsp3) is 0.529. The number of benzene rings is 1. The van der Waals surface area contributed by atoms with Crippen molar-refractivity contribution in [1.82, 2.24) is 10.2 Å². The van der Waals surface area contributed by atoms with Gasteiger partial charge in [-0.1, -0.05) is 12.1 Å². The number of rotatable bonds is 4. The molecule has 0 aromatic heterocycles. The summed E-state index contributed by atoms with van der Waals surface area (Å²) in [5, 5.41) is 2.42. The summed E-state index contributed by atoms with van der Waals surface area (Å²) in [6.45, 7) is 5.00. The number of alkyl halides is 1. The molecule has 6 heteroatoms. The lowest BCUT2D eigenvalue weighted by Crippen LogP contribution is -2.46. The Kier molecular flexibility index (Phi) is 5.18. The molecule has 23 heavy (non-hydrogen) atoms. The second-order valence-electron chi connectivity index (χ2n) is 6.11. The van der Waals surface area contributed by atoms with Crippen LogP contribution in [-0.2, 0) is 9.59 Å². The van der Waals surface area contributed by atoms with E-state index in [0.29, 0.717) is 18.7 Å². The van der Waals surface area contributed by atoms with Crippen LogP contribution in [0.2, 0.25) is 0 Å². The lowest BCUT2D eigenvalue weighted by atomic mass is 9.90. The third-order valence-electron chi connectivity index (χ3n) is 4.67. The fourth-order valence-electron chi connectivity index (χ4n) is 3.28.